The van der Waals surface area contributed by atoms with Gasteiger partial charge in [-0.15, -0.1) is 0 Å². The van der Waals surface area contributed by atoms with Crippen molar-refractivity contribution in [1.82, 2.24) is 4.90 Å². The molecule has 3 aromatic carbocycles. The van der Waals surface area contributed by atoms with Crippen molar-refractivity contribution < 1.29 is 19.1 Å². The maximum absolute atomic E-state index is 13.0. The first-order valence-electron chi connectivity index (χ1n) is 11.1. The largest absolute Gasteiger partial charge is 0.483 e. The number of rotatable bonds is 7. The van der Waals surface area contributed by atoms with Gasteiger partial charge in [0.25, 0.3) is 17.1 Å². The molecule has 37 heavy (non-hydrogen) atoms. The summed E-state index contributed by atoms with van der Waals surface area (Å²) in [6.45, 7) is 3.71. The maximum atomic E-state index is 13.0. The van der Waals surface area contributed by atoms with E-state index < -0.39 is 11.1 Å². The SMILES string of the molecule is Cc1ccc(C)c(NC(=O)COc2ccc(Br)cc2/C=C2\SC(=O)N(Cc3ccc(Cl)c(Cl)c3)C2=O)c1. The molecule has 0 saturated carbocycles. The summed E-state index contributed by atoms with van der Waals surface area (Å²) in [6, 6.07) is 16.0. The number of nitrogens with zero attached hydrogens (tertiary/aromatic N) is 1. The lowest BCUT2D eigenvalue weighted by Gasteiger charge is -2.13. The number of carbonyl (C=O) groups excluding carboxylic acids is 3. The fraction of sp³-hybridized carbons (Fsp3) is 0.148. The zero-order valence-corrected chi connectivity index (χ0v) is 23.7. The lowest BCUT2D eigenvalue weighted by atomic mass is 10.1. The number of carbonyl (C=O) groups is 3. The highest BCUT2D eigenvalue weighted by Gasteiger charge is 2.35. The van der Waals surface area contributed by atoms with Crippen molar-refractivity contribution in [3.8, 4) is 5.75 Å². The van der Waals surface area contributed by atoms with Gasteiger partial charge in [0.1, 0.15) is 5.75 Å². The van der Waals surface area contributed by atoms with Crippen LogP contribution in [0.5, 0.6) is 5.75 Å². The van der Waals surface area contributed by atoms with E-state index in [0.717, 1.165) is 37.9 Å². The number of hydrogen-bond donors (Lipinski definition) is 1. The predicted molar refractivity (Wildman–Crippen MR) is 152 cm³/mol. The van der Waals surface area contributed by atoms with Crippen LogP contribution in [-0.2, 0) is 16.1 Å². The quantitative estimate of drug-likeness (QED) is 0.275. The average Bonchev–Trinajstić information content (AvgIpc) is 3.10. The van der Waals surface area contributed by atoms with Gasteiger partial charge in [0.05, 0.1) is 21.5 Å². The minimum Gasteiger partial charge on any atom is -0.483 e. The van der Waals surface area contributed by atoms with E-state index in [1.54, 1.807) is 42.5 Å². The molecule has 190 valence electrons. The summed E-state index contributed by atoms with van der Waals surface area (Å²) >= 11 is 16.3. The van der Waals surface area contributed by atoms with Crippen LogP contribution in [0.2, 0.25) is 10.0 Å². The van der Waals surface area contributed by atoms with E-state index in [4.69, 9.17) is 27.9 Å². The van der Waals surface area contributed by atoms with E-state index in [2.05, 4.69) is 21.2 Å². The lowest BCUT2D eigenvalue weighted by molar-refractivity contribution is -0.123. The number of anilines is 1. The third-order valence-electron chi connectivity index (χ3n) is 5.48. The zero-order valence-electron chi connectivity index (χ0n) is 19.8. The highest BCUT2D eigenvalue weighted by Crippen LogP contribution is 2.36. The van der Waals surface area contributed by atoms with Crippen LogP contribution >= 0.6 is 50.9 Å². The Balaban J connectivity index is 1.49. The molecule has 10 heteroatoms. The van der Waals surface area contributed by atoms with Gasteiger partial charge in [-0.2, -0.15) is 0 Å². The van der Waals surface area contributed by atoms with E-state index in [9.17, 15) is 14.4 Å². The monoisotopic (exact) mass is 618 g/mol. The second-order valence-corrected chi connectivity index (χ2v) is 11.1. The van der Waals surface area contributed by atoms with E-state index >= 15 is 0 Å². The number of benzene rings is 3. The molecule has 1 saturated heterocycles. The molecule has 1 aliphatic heterocycles. The summed E-state index contributed by atoms with van der Waals surface area (Å²) in [7, 11) is 0. The summed E-state index contributed by atoms with van der Waals surface area (Å²) in [5, 5.41) is 3.20. The molecule has 6 nitrogen and oxygen atoms in total. The molecule has 1 aliphatic rings. The van der Waals surface area contributed by atoms with Gasteiger partial charge >= 0.3 is 0 Å². The molecule has 1 fully saturated rings. The first-order chi connectivity index (χ1) is 17.6. The van der Waals surface area contributed by atoms with Crippen LogP contribution in [0.4, 0.5) is 10.5 Å². The van der Waals surface area contributed by atoms with Crippen molar-refractivity contribution in [2.75, 3.05) is 11.9 Å². The third kappa shape index (κ3) is 6.76. The van der Waals surface area contributed by atoms with Crippen LogP contribution in [0.3, 0.4) is 0 Å². The van der Waals surface area contributed by atoms with Gasteiger partial charge in [0.15, 0.2) is 6.61 Å². The first-order valence-corrected chi connectivity index (χ1v) is 13.5. The molecule has 0 bridgehead atoms. The van der Waals surface area contributed by atoms with Gasteiger partial charge in [-0.05, 0) is 84.8 Å². The summed E-state index contributed by atoms with van der Waals surface area (Å²) in [4.78, 5) is 39.6. The molecular weight excluding hydrogens is 599 g/mol. The lowest BCUT2D eigenvalue weighted by Crippen LogP contribution is -2.27. The second kappa shape index (κ2) is 11.7. The molecule has 1 N–H and O–H groups in total. The second-order valence-electron chi connectivity index (χ2n) is 8.35. The number of thioether (sulfide) groups is 1. The van der Waals surface area contributed by atoms with Gasteiger partial charge in [-0.25, -0.2) is 0 Å². The molecule has 4 rings (SSSR count). The van der Waals surface area contributed by atoms with E-state index in [1.165, 1.54) is 0 Å². The summed E-state index contributed by atoms with van der Waals surface area (Å²) in [5.74, 6) is -0.347. The van der Waals surface area contributed by atoms with Crippen molar-refractivity contribution in [2.24, 2.45) is 0 Å². The van der Waals surface area contributed by atoms with Crippen LogP contribution < -0.4 is 10.1 Å². The van der Waals surface area contributed by atoms with Crippen molar-refractivity contribution >= 4 is 79.7 Å². The number of imide groups is 1. The number of ether oxygens (including phenoxy) is 1. The fourth-order valence-corrected chi connectivity index (χ4v) is 5.09. The minimum absolute atomic E-state index is 0.0687. The van der Waals surface area contributed by atoms with Gasteiger partial charge in [-0.3, -0.25) is 19.3 Å². The molecule has 0 aliphatic carbocycles. The predicted octanol–water partition coefficient (Wildman–Crippen LogP) is 7.63. The average molecular weight is 620 g/mol. The van der Waals surface area contributed by atoms with Gasteiger partial charge < -0.3 is 10.1 Å². The molecule has 3 aromatic rings. The normalized spacial score (nSPS) is 14.4. The summed E-state index contributed by atoms with van der Waals surface area (Å²) < 4.78 is 6.54. The Labute approximate surface area is 237 Å². The van der Waals surface area contributed by atoms with Gasteiger partial charge in [0, 0.05) is 15.7 Å². The van der Waals surface area contributed by atoms with Crippen LogP contribution in [0, 0.1) is 13.8 Å². The third-order valence-corrected chi connectivity index (χ3v) is 7.62. The van der Waals surface area contributed by atoms with Gasteiger partial charge in [0.2, 0.25) is 0 Å². The molecular formula is C27H21BrCl2N2O4S. The highest BCUT2D eigenvalue weighted by atomic mass is 79.9. The Morgan fingerprint density at radius 2 is 1.84 bits per heavy atom. The standard InChI is InChI=1S/C27H21BrCl2N2O4S/c1-15-3-4-16(2)22(9-15)31-25(33)14-36-23-8-6-19(28)11-18(23)12-24-26(34)32(27(35)37-24)13-17-5-7-20(29)21(30)10-17/h3-12H,13-14H2,1-2H3,(H,31,33)/b24-12-. The molecule has 3 amide bonds. The van der Waals surface area contributed by atoms with Crippen LogP contribution in [0.1, 0.15) is 22.3 Å². The Morgan fingerprint density at radius 3 is 2.59 bits per heavy atom. The van der Waals surface area contributed by atoms with Crippen LogP contribution in [0.25, 0.3) is 6.08 Å². The van der Waals surface area contributed by atoms with Crippen molar-refractivity contribution in [3.63, 3.8) is 0 Å². The van der Waals surface area contributed by atoms with Crippen molar-refractivity contribution in [3.05, 3.63) is 96.3 Å². The number of hydrogen-bond acceptors (Lipinski definition) is 5. The Kier molecular flexibility index (Phi) is 8.64. The van der Waals surface area contributed by atoms with Crippen molar-refractivity contribution in [1.29, 1.82) is 0 Å². The Hall–Kier alpha value is -2.78. The smallest absolute Gasteiger partial charge is 0.293 e. The van der Waals surface area contributed by atoms with Crippen LogP contribution in [0.15, 0.2) is 64.0 Å². The topological polar surface area (TPSA) is 75.7 Å². The molecule has 0 radical (unpaired) electrons. The van der Waals surface area contributed by atoms with Crippen molar-refractivity contribution in [2.45, 2.75) is 20.4 Å². The Morgan fingerprint density at radius 1 is 1.05 bits per heavy atom. The summed E-state index contributed by atoms with van der Waals surface area (Å²) in [6.07, 6.45) is 1.59. The molecule has 0 aromatic heterocycles. The molecule has 0 unspecified atom stereocenters. The van der Waals surface area contributed by atoms with E-state index in [1.807, 2.05) is 32.0 Å². The molecule has 1 heterocycles. The molecule has 0 spiro atoms. The van der Waals surface area contributed by atoms with E-state index in [0.29, 0.717) is 26.9 Å². The van der Waals surface area contributed by atoms with Gasteiger partial charge in [-0.1, -0.05) is 57.3 Å². The highest BCUT2D eigenvalue weighted by molar-refractivity contribution is 9.10. The summed E-state index contributed by atoms with van der Waals surface area (Å²) in [5.41, 5.74) is 3.93. The minimum atomic E-state index is -0.431. The maximum Gasteiger partial charge on any atom is 0.293 e. The van der Waals surface area contributed by atoms with E-state index in [-0.39, 0.29) is 24.0 Å². The Bertz CT molecular complexity index is 1440. The molecule has 0 atom stereocenters. The van der Waals surface area contributed by atoms with Crippen LogP contribution in [-0.4, -0.2) is 28.6 Å². The number of nitrogens with one attached hydrogen (secondary N) is 1. The number of aryl methyl sites for hydroxylation is 2. The first kappa shape index (κ1) is 27.3. The number of amides is 3. The zero-order chi connectivity index (χ0) is 26.7. The fourth-order valence-electron chi connectivity index (χ4n) is 3.56. The number of halogens is 3.